The molecular formula is C38H49FeNP2. The van der Waals surface area contributed by atoms with Gasteiger partial charge in [-0.3, -0.25) is 0 Å². The van der Waals surface area contributed by atoms with Gasteiger partial charge in [-0.15, -0.1) is 0 Å². The summed E-state index contributed by atoms with van der Waals surface area (Å²) in [7, 11) is 4.86. The van der Waals surface area contributed by atoms with E-state index in [1.165, 1.54) is 46.6 Å². The fourth-order valence-electron chi connectivity index (χ4n) is 25.0. The van der Waals surface area contributed by atoms with Gasteiger partial charge in [0.15, 0.2) is 0 Å². The molecule has 4 heteroatoms. The van der Waals surface area contributed by atoms with Crippen LogP contribution in [0.4, 0.5) is 0 Å². The molecule has 14 rings (SSSR count). The van der Waals surface area contributed by atoms with Crippen molar-refractivity contribution in [1.29, 1.82) is 0 Å². The van der Waals surface area contributed by atoms with Crippen molar-refractivity contribution in [2.24, 2.45) is 0 Å². The average Bonchev–Trinajstić information content (AvgIpc) is 3.99. The van der Waals surface area contributed by atoms with Crippen molar-refractivity contribution in [2.75, 3.05) is 14.1 Å². The van der Waals surface area contributed by atoms with Crippen LogP contribution in [-0.2, 0) is 6.51 Å². The Morgan fingerprint density at radius 3 is 1.52 bits per heavy atom. The first-order valence-electron chi connectivity index (χ1n) is 17.9. The van der Waals surface area contributed by atoms with E-state index in [9.17, 15) is 0 Å². The van der Waals surface area contributed by atoms with Gasteiger partial charge in [0.05, 0.1) is 0 Å². The summed E-state index contributed by atoms with van der Waals surface area (Å²) in [5.74, 6) is 0. The number of hydrogen-bond acceptors (Lipinski definition) is 1. The molecule has 1 spiro atoms. The second kappa shape index (κ2) is 3.95. The number of hydrogen-bond donors (Lipinski definition) is 0. The van der Waals surface area contributed by atoms with Crippen LogP contribution in [0.3, 0.4) is 0 Å². The van der Waals surface area contributed by atoms with Gasteiger partial charge in [-0.25, -0.2) is 0 Å². The minimum atomic E-state index is -4.06. The first-order valence-corrected chi connectivity index (χ1v) is 26.9. The molecule has 2 aliphatic carbocycles. The first-order chi connectivity index (χ1) is 20.4. The SMILES string of the molecule is CC(N(C)C)[C]12[CH]3[CH]4[C]5(P(C6CCCCC6)C6CCCCC6)[C]1(P(c1ccccc1)c1ccccc1)[Fe]34251678[CH]2[CH]1[CH]6[CH]7[CH]28. The van der Waals surface area contributed by atoms with E-state index >= 15 is 0 Å². The summed E-state index contributed by atoms with van der Waals surface area (Å²) in [6.45, 7) is -1.25. The molecule has 10 aliphatic heterocycles. The molecule has 2 saturated carbocycles. The van der Waals surface area contributed by atoms with Crippen LogP contribution in [0.25, 0.3) is 0 Å². The predicted octanol–water partition coefficient (Wildman–Crippen LogP) is 9.79. The first kappa shape index (κ1) is 23.2. The van der Waals surface area contributed by atoms with Gasteiger partial charge in [-0.05, 0) is 0 Å². The van der Waals surface area contributed by atoms with E-state index in [2.05, 4.69) is 86.6 Å². The third-order valence-electron chi connectivity index (χ3n) is 23.0. The third-order valence-corrected chi connectivity index (χ3v) is 81.8. The van der Waals surface area contributed by atoms with Crippen LogP contribution in [-0.4, -0.2) is 44.5 Å². The van der Waals surface area contributed by atoms with Gasteiger partial charge in [-0.2, -0.15) is 0 Å². The van der Waals surface area contributed by atoms with Gasteiger partial charge in [0.1, 0.15) is 0 Å². The van der Waals surface area contributed by atoms with Crippen LogP contribution in [0, 0.1) is 0 Å². The van der Waals surface area contributed by atoms with Gasteiger partial charge in [0.25, 0.3) is 0 Å². The molecule has 12 fully saturated rings. The molecule has 0 amide bonds. The quantitative estimate of drug-likeness (QED) is 0.206. The minimum absolute atomic E-state index is 0.146. The monoisotopic (exact) mass is 637 g/mol. The molecule has 2 aromatic carbocycles. The number of rotatable bonds is 8. The second-order valence-electron chi connectivity index (χ2n) is 19.4. The normalized spacial score (nSPS) is 65.2. The summed E-state index contributed by atoms with van der Waals surface area (Å²) in [5, 5.41) is 3.61. The fraction of sp³-hybridized carbons (Fsp3) is 0.684. The molecule has 1 nitrogen and oxygen atoms in total. The zero-order valence-corrected chi connectivity index (χ0v) is 28.7. The van der Waals surface area contributed by atoms with Crippen molar-refractivity contribution in [1.82, 2.24) is 4.90 Å². The molecule has 0 N–H and O–H groups in total. The molecule has 10 saturated heterocycles. The van der Waals surface area contributed by atoms with Crippen LogP contribution < -0.4 is 10.6 Å². The molecule has 224 valence electrons. The molecule has 42 heavy (non-hydrogen) atoms. The maximum absolute atomic E-state index is 4.06. The summed E-state index contributed by atoms with van der Waals surface area (Å²) in [6.07, 6.45) is 15.8. The number of fused-ring (bicyclic) bond motifs is 10. The van der Waals surface area contributed by atoms with Gasteiger partial charge in [0.2, 0.25) is 0 Å². The van der Waals surface area contributed by atoms with E-state index in [0.29, 0.717) is 0 Å². The van der Waals surface area contributed by atoms with Crippen molar-refractivity contribution in [2.45, 2.75) is 135 Å². The number of nitrogens with zero attached hydrogens (tertiary/aromatic N) is 1. The topological polar surface area (TPSA) is 3.24 Å². The summed E-state index contributed by atoms with van der Waals surface area (Å²) < 4.78 is 2.55. The zero-order valence-electron chi connectivity index (χ0n) is 25.8. The van der Waals surface area contributed by atoms with Crippen molar-refractivity contribution in [3.05, 3.63) is 60.7 Å². The van der Waals surface area contributed by atoms with E-state index in [1.54, 1.807) is 62.0 Å². The molecule has 12 aliphatic rings. The van der Waals surface area contributed by atoms with E-state index in [1.807, 2.05) is 0 Å². The van der Waals surface area contributed by atoms with E-state index < -0.39 is 6.51 Å². The molecule has 0 bridgehead atoms. The van der Waals surface area contributed by atoms with Crippen molar-refractivity contribution < 1.29 is 6.51 Å². The van der Waals surface area contributed by atoms with Crippen LogP contribution in [0.2, 0.25) is 38.0 Å². The van der Waals surface area contributed by atoms with E-state index in [0.717, 1.165) is 29.8 Å². The zero-order chi connectivity index (χ0) is 27.6. The third kappa shape index (κ3) is 0.619. The Kier molecular flexibility index (Phi) is 2.18. The molecular weight excluding hydrogens is 588 g/mol. The van der Waals surface area contributed by atoms with Crippen LogP contribution in [0.5, 0.6) is 0 Å². The Morgan fingerprint density at radius 1 is 0.667 bits per heavy atom. The standard InChI is InChI=1S/C33H44NP2.C5H5.Fe/c1-26(34(2)3)31-24-25-32(35(27-16-8-4-9-17-27)28-18-10-5-11-19-28)33(31)36(29-20-12-6-13-21-29)30-22-14-7-15-23-30;1-2-4-5-3-1;/h6-7,12-15,20-28H,4-5,8-11,16-19H2,1-3H3;1-5H;. The predicted molar refractivity (Wildman–Crippen MR) is 177 cm³/mol. The average molecular weight is 638 g/mol. The maximum atomic E-state index is 2.81. The Hall–Kier alpha value is -0.221. The summed E-state index contributed by atoms with van der Waals surface area (Å²) in [4.78, 5) is 12.2. The Bertz CT molecular complexity index is 1920. The second-order valence-corrected chi connectivity index (χ2v) is 48.5. The van der Waals surface area contributed by atoms with Crippen LogP contribution >= 0.6 is 15.8 Å². The Labute approximate surface area is 246 Å². The summed E-state index contributed by atoms with van der Waals surface area (Å²) in [6, 6.07) is 25.8. The molecule has 10 heterocycles. The van der Waals surface area contributed by atoms with Gasteiger partial charge in [-0.1, -0.05) is 0 Å². The van der Waals surface area contributed by atoms with Crippen LogP contribution in [0.15, 0.2) is 60.7 Å². The molecule has 6 atom stereocenters. The summed E-state index contributed by atoms with van der Waals surface area (Å²) in [5.41, 5.74) is 2.28. The van der Waals surface area contributed by atoms with Gasteiger partial charge in [0, 0.05) is 0 Å². The van der Waals surface area contributed by atoms with Crippen molar-refractivity contribution >= 4 is 26.5 Å². The van der Waals surface area contributed by atoms with Crippen molar-refractivity contribution in [3.8, 4) is 0 Å². The summed E-state index contributed by atoms with van der Waals surface area (Å²) >= 11 is 0. The fourth-order valence-corrected chi connectivity index (χ4v) is 136. The molecule has 0 aromatic heterocycles. The van der Waals surface area contributed by atoms with Crippen molar-refractivity contribution in [3.63, 3.8) is 0 Å². The molecule has 0 radical (unpaired) electrons. The molecule has 2 aromatic rings. The van der Waals surface area contributed by atoms with E-state index in [-0.39, 0.29) is 15.8 Å². The van der Waals surface area contributed by atoms with Gasteiger partial charge >= 0.3 is 247 Å². The Morgan fingerprint density at radius 2 is 1.12 bits per heavy atom. The number of benzene rings is 2. The molecule has 6 unspecified atom stereocenters. The van der Waals surface area contributed by atoms with Gasteiger partial charge < -0.3 is 0 Å². The van der Waals surface area contributed by atoms with Crippen LogP contribution in [0.1, 0.15) is 71.1 Å². The Balaban J connectivity index is 1.14. The van der Waals surface area contributed by atoms with E-state index in [4.69, 9.17) is 0 Å².